The summed E-state index contributed by atoms with van der Waals surface area (Å²) in [7, 11) is 0. The van der Waals surface area contributed by atoms with Crippen LogP contribution in [-0.4, -0.2) is 0 Å². The van der Waals surface area contributed by atoms with Crippen LogP contribution in [0.5, 0.6) is 0 Å². The maximum atomic E-state index is 6.80. The molecule has 2 aliphatic carbocycles. The Bertz CT molecular complexity index is 1820. The first-order valence-corrected chi connectivity index (χ1v) is 13.4. The summed E-state index contributed by atoms with van der Waals surface area (Å²) in [6, 6.07) is 50.6. The largest absolute Gasteiger partial charge is 0.0843 e. The molecule has 6 aromatic carbocycles. The van der Waals surface area contributed by atoms with Gasteiger partial charge >= 0.3 is 0 Å². The van der Waals surface area contributed by atoms with Crippen LogP contribution in [0, 0.1) is 0 Å². The van der Waals surface area contributed by atoms with Gasteiger partial charge in [0, 0.05) is 5.02 Å². The van der Waals surface area contributed by atoms with E-state index in [-0.39, 0.29) is 5.41 Å². The van der Waals surface area contributed by atoms with Gasteiger partial charge in [0.2, 0.25) is 0 Å². The zero-order valence-corrected chi connectivity index (χ0v) is 21.4. The summed E-state index contributed by atoms with van der Waals surface area (Å²) in [6.07, 6.45) is 0. The molecule has 0 bridgehead atoms. The molecule has 0 saturated carbocycles. The third-order valence-corrected chi connectivity index (χ3v) is 8.55. The topological polar surface area (TPSA) is 0 Å². The van der Waals surface area contributed by atoms with Crippen LogP contribution < -0.4 is 0 Å². The molecule has 6 aromatic rings. The first kappa shape index (κ1) is 21.7. The molecule has 0 amide bonds. The van der Waals surface area contributed by atoms with Crippen LogP contribution >= 0.6 is 11.6 Å². The molecule has 8 rings (SSSR count). The number of benzene rings is 6. The van der Waals surface area contributed by atoms with Crippen LogP contribution in [0.15, 0.2) is 140 Å². The van der Waals surface area contributed by atoms with E-state index in [0.717, 1.165) is 16.1 Å². The number of halogens is 1. The van der Waals surface area contributed by atoms with E-state index in [1.54, 1.807) is 0 Å². The fourth-order valence-electron chi connectivity index (χ4n) is 6.94. The monoisotopic (exact) mass is 502 g/mol. The Morgan fingerprint density at radius 2 is 0.842 bits per heavy atom. The highest BCUT2D eigenvalue weighted by Crippen LogP contribution is 2.64. The molecule has 0 atom stereocenters. The molecule has 0 N–H and O–H groups in total. The summed E-state index contributed by atoms with van der Waals surface area (Å²) in [5, 5.41) is 0.746. The Morgan fingerprint density at radius 1 is 0.368 bits per heavy atom. The third kappa shape index (κ3) is 2.81. The minimum atomic E-state index is -0.384. The molecule has 0 aliphatic heterocycles. The minimum Gasteiger partial charge on any atom is -0.0843 e. The van der Waals surface area contributed by atoms with E-state index in [2.05, 4.69) is 140 Å². The summed E-state index contributed by atoms with van der Waals surface area (Å²) in [5.74, 6) is 0. The van der Waals surface area contributed by atoms with Crippen molar-refractivity contribution >= 4 is 11.6 Å². The van der Waals surface area contributed by atoms with Gasteiger partial charge in [0.15, 0.2) is 0 Å². The molecular weight excluding hydrogens is 480 g/mol. The van der Waals surface area contributed by atoms with Crippen LogP contribution in [0.25, 0.3) is 44.5 Å². The standard InChI is InChI=1S/C37H23Cl/c38-27-22-25(24-11-2-1-3-12-24)21-26(23-27)28-16-10-17-32-31-15-6-9-20-35(31)37(36(28)32)33-18-7-4-13-29(33)30-14-5-8-19-34(30)37/h1-23H. The van der Waals surface area contributed by atoms with E-state index in [1.165, 1.54) is 55.6 Å². The molecule has 1 spiro atoms. The smallest absolute Gasteiger partial charge is 0.0731 e. The molecule has 1 heteroatoms. The van der Waals surface area contributed by atoms with Crippen LogP contribution in [0.1, 0.15) is 22.3 Å². The van der Waals surface area contributed by atoms with E-state index in [4.69, 9.17) is 11.6 Å². The molecule has 0 heterocycles. The van der Waals surface area contributed by atoms with Gasteiger partial charge in [-0.25, -0.2) is 0 Å². The van der Waals surface area contributed by atoms with Crippen LogP contribution in [0.4, 0.5) is 0 Å². The Hall–Kier alpha value is -4.39. The van der Waals surface area contributed by atoms with Crippen molar-refractivity contribution in [3.8, 4) is 44.5 Å². The highest BCUT2D eigenvalue weighted by Gasteiger charge is 2.52. The summed E-state index contributed by atoms with van der Waals surface area (Å²) in [5.41, 5.74) is 14.9. The maximum Gasteiger partial charge on any atom is 0.0731 e. The van der Waals surface area contributed by atoms with Gasteiger partial charge in [0.1, 0.15) is 0 Å². The molecule has 0 radical (unpaired) electrons. The predicted octanol–water partition coefficient (Wildman–Crippen LogP) is 10.0. The van der Waals surface area contributed by atoms with Gasteiger partial charge in [-0.1, -0.05) is 133 Å². The lowest BCUT2D eigenvalue weighted by molar-refractivity contribution is 0.796. The van der Waals surface area contributed by atoms with Gasteiger partial charge in [-0.05, 0) is 85.0 Å². The van der Waals surface area contributed by atoms with Crippen molar-refractivity contribution in [1.29, 1.82) is 0 Å². The SMILES string of the molecule is Clc1cc(-c2ccccc2)cc(-c2cccc3c2C2(c4ccccc4-c4ccccc42)c2ccccc2-3)c1. The fourth-order valence-corrected chi connectivity index (χ4v) is 7.17. The normalized spacial score (nSPS) is 13.6. The van der Waals surface area contributed by atoms with Gasteiger partial charge in [-0.15, -0.1) is 0 Å². The van der Waals surface area contributed by atoms with Crippen molar-refractivity contribution in [2.24, 2.45) is 0 Å². The van der Waals surface area contributed by atoms with E-state index in [1.807, 2.05) is 0 Å². The molecule has 0 aromatic heterocycles. The van der Waals surface area contributed by atoms with E-state index in [9.17, 15) is 0 Å². The summed E-state index contributed by atoms with van der Waals surface area (Å²) < 4.78 is 0. The number of hydrogen-bond acceptors (Lipinski definition) is 0. The van der Waals surface area contributed by atoms with E-state index < -0.39 is 0 Å². The van der Waals surface area contributed by atoms with Gasteiger partial charge in [-0.3, -0.25) is 0 Å². The summed E-state index contributed by atoms with van der Waals surface area (Å²) in [4.78, 5) is 0. The van der Waals surface area contributed by atoms with Crippen molar-refractivity contribution in [2.75, 3.05) is 0 Å². The van der Waals surface area contributed by atoms with Crippen LogP contribution in [0.3, 0.4) is 0 Å². The molecular formula is C37H23Cl. The molecule has 0 saturated heterocycles. The van der Waals surface area contributed by atoms with Crippen molar-refractivity contribution in [3.05, 3.63) is 167 Å². The number of rotatable bonds is 2. The first-order valence-electron chi connectivity index (χ1n) is 13.1. The van der Waals surface area contributed by atoms with Gasteiger partial charge in [-0.2, -0.15) is 0 Å². The van der Waals surface area contributed by atoms with E-state index >= 15 is 0 Å². The average molecular weight is 503 g/mol. The second-order valence-electron chi connectivity index (χ2n) is 10.2. The molecule has 0 unspecified atom stereocenters. The van der Waals surface area contributed by atoms with Crippen molar-refractivity contribution in [1.82, 2.24) is 0 Å². The Balaban J connectivity index is 1.50. The lowest BCUT2D eigenvalue weighted by Gasteiger charge is -2.32. The van der Waals surface area contributed by atoms with Crippen molar-refractivity contribution in [3.63, 3.8) is 0 Å². The zero-order valence-electron chi connectivity index (χ0n) is 20.7. The average Bonchev–Trinajstić information content (AvgIpc) is 3.45. The fraction of sp³-hybridized carbons (Fsp3) is 0.0270. The van der Waals surface area contributed by atoms with Gasteiger partial charge in [0.25, 0.3) is 0 Å². The molecule has 38 heavy (non-hydrogen) atoms. The number of fused-ring (bicyclic) bond motifs is 10. The summed E-state index contributed by atoms with van der Waals surface area (Å²) in [6.45, 7) is 0. The van der Waals surface area contributed by atoms with Crippen molar-refractivity contribution < 1.29 is 0 Å². The van der Waals surface area contributed by atoms with Crippen molar-refractivity contribution in [2.45, 2.75) is 5.41 Å². The third-order valence-electron chi connectivity index (χ3n) is 8.33. The molecule has 0 nitrogen and oxygen atoms in total. The second kappa shape index (κ2) is 8.05. The number of hydrogen-bond donors (Lipinski definition) is 0. The molecule has 178 valence electrons. The minimum absolute atomic E-state index is 0.384. The summed E-state index contributed by atoms with van der Waals surface area (Å²) >= 11 is 6.80. The zero-order chi connectivity index (χ0) is 25.3. The Labute approximate surface area is 227 Å². The first-order chi connectivity index (χ1) is 18.8. The Morgan fingerprint density at radius 3 is 1.47 bits per heavy atom. The predicted molar refractivity (Wildman–Crippen MR) is 159 cm³/mol. The second-order valence-corrected chi connectivity index (χ2v) is 10.6. The highest BCUT2D eigenvalue weighted by atomic mass is 35.5. The van der Waals surface area contributed by atoms with Crippen LogP contribution in [0.2, 0.25) is 5.02 Å². The quantitative estimate of drug-likeness (QED) is 0.220. The maximum absolute atomic E-state index is 6.80. The Kier molecular flexibility index (Phi) is 4.59. The van der Waals surface area contributed by atoms with Gasteiger partial charge in [0.05, 0.1) is 5.41 Å². The highest BCUT2D eigenvalue weighted by molar-refractivity contribution is 6.31. The van der Waals surface area contributed by atoms with Gasteiger partial charge < -0.3 is 0 Å². The lowest BCUT2D eigenvalue weighted by atomic mass is 9.68. The molecule has 2 aliphatic rings. The lowest BCUT2D eigenvalue weighted by Crippen LogP contribution is -2.26. The molecule has 0 fully saturated rings. The van der Waals surface area contributed by atoms with Crippen LogP contribution in [-0.2, 0) is 5.41 Å². The van der Waals surface area contributed by atoms with E-state index in [0.29, 0.717) is 0 Å².